The Bertz CT molecular complexity index is 719. The van der Waals surface area contributed by atoms with Crippen molar-refractivity contribution in [1.29, 1.82) is 0 Å². The minimum absolute atomic E-state index is 0.153. The summed E-state index contributed by atoms with van der Waals surface area (Å²) in [6, 6.07) is 17.2. The number of likely N-dealkylation sites (N-methyl/N-ethyl adjacent to an activating group) is 1. The molecule has 0 radical (unpaired) electrons. The molecule has 2 aromatic rings. The molecule has 6 heteroatoms. The Morgan fingerprint density at radius 3 is 2.27 bits per heavy atom. The number of benzene rings is 2. The van der Waals surface area contributed by atoms with Crippen molar-refractivity contribution in [3.05, 3.63) is 60.2 Å². The van der Waals surface area contributed by atoms with Crippen LogP contribution in [0.2, 0.25) is 0 Å². The van der Waals surface area contributed by atoms with Crippen molar-refractivity contribution in [3.8, 4) is 5.75 Å². The summed E-state index contributed by atoms with van der Waals surface area (Å²) in [5.74, 6) is -0.0252. The highest BCUT2D eigenvalue weighted by atomic mass is 16.5. The van der Waals surface area contributed by atoms with E-state index in [0.717, 1.165) is 17.7 Å². The second-order valence-corrected chi connectivity index (χ2v) is 5.70. The van der Waals surface area contributed by atoms with Crippen molar-refractivity contribution < 1.29 is 14.3 Å². The standard InChI is InChI=1S/C20H25N3O3/c1-3-16-10-8-9-13-18(16)26-15-20(25)22-21-19(24)14-23(4-2)17-11-6-5-7-12-17/h5-13H,3-4,14-15H2,1-2H3,(H,21,24)(H,22,25). The predicted molar refractivity (Wildman–Crippen MR) is 102 cm³/mol. The molecule has 0 saturated carbocycles. The lowest BCUT2D eigenvalue weighted by molar-refractivity contribution is -0.129. The fourth-order valence-electron chi connectivity index (χ4n) is 2.49. The maximum absolute atomic E-state index is 12.1. The molecule has 6 nitrogen and oxygen atoms in total. The van der Waals surface area contributed by atoms with Gasteiger partial charge < -0.3 is 9.64 Å². The normalized spacial score (nSPS) is 10.1. The minimum atomic E-state index is -0.410. The van der Waals surface area contributed by atoms with Crippen LogP contribution in [0.3, 0.4) is 0 Å². The molecule has 0 unspecified atom stereocenters. The first-order chi connectivity index (χ1) is 12.6. The van der Waals surface area contributed by atoms with Gasteiger partial charge in [0.05, 0.1) is 6.54 Å². The number of rotatable bonds is 8. The van der Waals surface area contributed by atoms with Crippen LogP contribution in [-0.2, 0) is 16.0 Å². The van der Waals surface area contributed by atoms with E-state index in [1.54, 1.807) is 0 Å². The Hall–Kier alpha value is -3.02. The lowest BCUT2D eigenvalue weighted by atomic mass is 10.1. The van der Waals surface area contributed by atoms with Gasteiger partial charge in [-0.2, -0.15) is 0 Å². The van der Waals surface area contributed by atoms with Gasteiger partial charge in [-0.25, -0.2) is 0 Å². The highest BCUT2D eigenvalue weighted by Crippen LogP contribution is 2.17. The highest BCUT2D eigenvalue weighted by molar-refractivity contribution is 5.85. The molecule has 0 aliphatic heterocycles. The molecule has 26 heavy (non-hydrogen) atoms. The predicted octanol–water partition coefficient (Wildman–Crippen LogP) is 2.30. The first-order valence-electron chi connectivity index (χ1n) is 8.72. The van der Waals surface area contributed by atoms with Gasteiger partial charge in [-0.1, -0.05) is 43.3 Å². The molecule has 2 N–H and O–H groups in total. The molecule has 0 heterocycles. The molecule has 0 bridgehead atoms. The summed E-state index contributed by atoms with van der Waals surface area (Å²) in [5.41, 5.74) is 6.79. The third kappa shape index (κ3) is 5.81. The Morgan fingerprint density at radius 1 is 0.923 bits per heavy atom. The van der Waals surface area contributed by atoms with E-state index in [1.807, 2.05) is 73.3 Å². The number of nitrogens with one attached hydrogen (secondary N) is 2. The molecule has 2 amide bonds. The largest absolute Gasteiger partial charge is 0.483 e. The Labute approximate surface area is 154 Å². The van der Waals surface area contributed by atoms with Crippen LogP contribution in [0.25, 0.3) is 0 Å². The number of carbonyl (C=O) groups excluding carboxylic acids is 2. The van der Waals surface area contributed by atoms with Gasteiger partial charge in [-0.15, -0.1) is 0 Å². The van der Waals surface area contributed by atoms with Gasteiger partial charge >= 0.3 is 0 Å². The van der Waals surface area contributed by atoms with Gasteiger partial charge in [0, 0.05) is 12.2 Å². The van der Waals surface area contributed by atoms with Crippen LogP contribution in [0.5, 0.6) is 5.75 Å². The molecular weight excluding hydrogens is 330 g/mol. The topological polar surface area (TPSA) is 70.7 Å². The van der Waals surface area contributed by atoms with E-state index < -0.39 is 5.91 Å². The second kappa shape index (κ2) is 10.1. The van der Waals surface area contributed by atoms with Crippen molar-refractivity contribution in [1.82, 2.24) is 10.9 Å². The van der Waals surface area contributed by atoms with E-state index in [2.05, 4.69) is 10.9 Å². The van der Waals surface area contributed by atoms with Crippen LogP contribution < -0.4 is 20.5 Å². The Balaban J connectivity index is 1.77. The summed E-state index contributed by atoms with van der Waals surface area (Å²) in [4.78, 5) is 25.8. The number of nitrogens with zero attached hydrogens (tertiary/aromatic N) is 1. The quantitative estimate of drug-likeness (QED) is 0.713. The van der Waals surface area contributed by atoms with Gasteiger partial charge in [0.2, 0.25) is 0 Å². The zero-order valence-corrected chi connectivity index (χ0v) is 15.2. The number of aryl methyl sites for hydroxylation is 1. The van der Waals surface area contributed by atoms with E-state index in [9.17, 15) is 9.59 Å². The summed E-state index contributed by atoms with van der Waals surface area (Å²) in [6.45, 7) is 4.67. The van der Waals surface area contributed by atoms with Crippen molar-refractivity contribution in [2.45, 2.75) is 20.3 Å². The highest BCUT2D eigenvalue weighted by Gasteiger charge is 2.11. The lowest BCUT2D eigenvalue weighted by Crippen LogP contribution is -2.48. The van der Waals surface area contributed by atoms with E-state index in [1.165, 1.54) is 0 Å². The number of hydrogen-bond acceptors (Lipinski definition) is 4. The van der Waals surface area contributed by atoms with Crippen LogP contribution in [-0.4, -0.2) is 31.5 Å². The molecule has 0 fully saturated rings. The van der Waals surface area contributed by atoms with Crippen molar-refractivity contribution in [2.75, 3.05) is 24.6 Å². The van der Waals surface area contributed by atoms with Crippen LogP contribution in [0.4, 0.5) is 5.69 Å². The van der Waals surface area contributed by atoms with Gasteiger partial charge in [-0.3, -0.25) is 20.4 Å². The first kappa shape index (κ1) is 19.3. The van der Waals surface area contributed by atoms with Crippen LogP contribution in [0, 0.1) is 0 Å². The number of hydrogen-bond donors (Lipinski definition) is 2. The summed E-state index contributed by atoms with van der Waals surface area (Å²) in [6.07, 6.45) is 0.820. The summed E-state index contributed by atoms with van der Waals surface area (Å²) in [5, 5.41) is 0. The van der Waals surface area contributed by atoms with Crippen LogP contribution in [0.1, 0.15) is 19.4 Å². The molecule has 2 aromatic carbocycles. The smallest absolute Gasteiger partial charge is 0.276 e. The summed E-state index contributed by atoms with van der Waals surface area (Å²) in [7, 11) is 0. The van der Waals surface area contributed by atoms with E-state index in [0.29, 0.717) is 12.3 Å². The number of hydrazine groups is 1. The minimum Gasteiger partial charge on any atom is -0.483 e. The number of para-hydroxylation sites is 2. The molecule has 0 spiro atoms. The van der Waals surface area contributed by atoms with Crippen LogP contribution in [0.15, 0.2) is 54.6 Å². The molecule has 0 saturated heterocycles. The summed E-state index contributed by atoms with van der Waals surface area (Å²) < 4.78 is 5.52. The monoisotopic (exact) mass is 355 g/mol. The Kier molecular flexibility index (Phi) is 7.49. The number of anilines is 1. The number of amides is 2. The fraction of sp³-hybridized carbons (Fsp3) is 0.300. The van der Waals surface area contributed by atoms with Gasteiger partial charge in [0.15, 0.2) is 6.61 Å². The van der Waals surface area contributed by atoms with Gasteiger partial charge in [-0.05, 0) is 37.1 Å². The molecule has 0 aliphatic carbocycles. The number of carbonyl (C=O) groups is 2. The lowest BCUT2D eigenvalue weighted by Gasteiger charge is -2.22. The molecule has 0 atom stereocenters. The zero-order valence-electron chi connectivity index (χ0n) is 15.2. The molecular formula is C20H25N3O3. The molecule has 2 rings (SSSR count). The Morgan fingerprint density at radius 2 is 1.58 bits per heavy atom. The average molecular weight is 355 g/mol. The van der Waals surface area contributed by atoms with Crippen molar-refractivity contribution >= 4 is 17.5 Å². The van der Waals surface area contributed by atoms with E-state index >= 15 is 0 Å². The van der Waals surface area contributed by atoms with Gasteiger partial charge in [0.1, 0.15) is 5.75 Å². The first-order valence-corrected chi connectivity index (χ1v) is 8.72. The summed E-state index contributed by atoms with van der Waals surface area (Å²) >= 11 is 0. The fourth-order valence-corrected chi connectivity index (χ4v) is 2.49. The van der Waals surface area contributed by atoms with Crippen molar-refractivity contribution in [2.24, 2.45) is 0 Å². The average Bonchev–Trinajstić information content (AvgIpc) is 2.69. The SMILES string of the molecule is CCc1ccccc1OCC(=O)NNC(=O)CN(CC)c1ccccc1. The molecule has 0 aliphatic rings. The third-order valence-corrected chi connectivity index (χ3v) is 3.89. The maximum atomic E-state index is 12.1. The molecule has 138 valence electrons. The second-order valence-electron chi connectivity index (χ2n) is 5.70. The maximum Gasteiger partial charge on any atom is 0.276 e. The van der Waals surface area contributed by atoms with Crippen LogP contribution >= 0.6 is 0 Å². The van der Waals surface area contributed by atoms with Crippen molar-refractivity contribution in [3.63, 3.8) is 0 Å². The van der Waals surface area contributed by atoms with E-state index in [-0.39, 0.29) is 19.1 Å². The molecule has 0 aromatic heterocycles. The number of ether oxygens (including phenoxy) is 1. The van der Waals surface area contributed by atoms with Gasteiger partial charge in [0.25, 0.3) is 11.8 Å². The third-order valence-electron chi connectivity index (χ3n) is 3.89. The van der Waals surface area contributed by atoms with E-state index in [4.69, 9.17) is 4.74 Å². The zero-order chi connectivity index (χ0) is 18.8.